The quantitative estimate of drug-likeness (QED) is 0.891. The second-order valence-corrected chi connectivity index (χ2v) is 4.50. The topological polar surface area (TPSA) is 63.8 Å². The van der Waals surface area contributed by atoms with Gasteiger partial charge in [-0.3, -0.25) is 0 Å². The summed E-state index contributed by atoms with van der Waals surface area (Å²) in [5.41, 5.74) is 5.67. The van der Waals surface area contributed by atoms with E-state index in [0.717, 1.165) is 4.47 Å². The molecule has 7 heteroatoms. The van der Waals surface area contributed by atoms with Gasteiger partial charge in [-0.15, -0.1) is 0 Å². The molecule has 88 valence electrons. The van der Waals surface area contributed by atoms with E-state index in [4.69, 9.17) is 17.3 Å². The number of aromatic nitrogens is 2. The summed E-state index contributed by atoms with van der Waals surface area (Å²) in [7, 11) is 0. The largest absolute Gasteiger partial charge is 0.368 e. The molecule has 4 nitrogen and oxygen atoms in total. The maximum atomic E-state index is 13.5. The van der Waals surface area contributed by atoms with E-state index in [1.54, 1.807) is 12.1 Å². The van der Waals surface area contributed by atoms with Crippen LogP contribution >= 0.6 is 27.5 Å². The van der Waals surface area contributed by atoms with Gasteiger partial charge in [-0.1, -0.05) is 27.5 Å². The molecule has 0 spiro atoms. The number of hydrogen-bond acceptors (Lipinski definition) is 4. The number of nitrogens with zero attached hydrogens (tertiary/aromatic N) is 2. The van der Waals surface area contributed by atoms with E-state index in [2.05, 4.69) is 31.2 Å². The zero-order valence-electron chi connectivity index (χ0n) is 8.42. The Morgan fingerprint density at radius 2 is 2.18 bits per heavy atom. The van der Waals surface area contributed by atoms with Gasteiger partial charge in [0.05, 0.1) is 11.9 Å². The van der Waals surface area contributed by atoms with Crippen molar-refractivity contribution in [2.24, 2.45) is 0 Å². The van der Waals surface area contributed by atoms with Crippen LogP contribution < -0.4 is 11.1 Å². The van der Waals surface area contributed by atoms with Crippen LogP contribution in [-0.4, -0.2) is 9.97 Å². The first kappa shape index (κ1) is 12.1. The molecule has 0 saturated carbocycles. The molecule has 2 aromatic rings. The Kier molecular flexibility index (Phi) is 3.44. The Bertz CT molecular complexity index is 514. The number of anilines is 3. The Hall–Kier alpha value is -1.40. The Morgan fingerprint density at radius 3 is 2.94 bits per heavy atom. The van der Waals surface area contributed by atoms with Crippen molar-refractivity contribution in [1.82, 2.24) is 9.97 Å². The summed E-state index contributed by atoms with van der Waals surface area (Å²) in [6, 6.07) is 4.49. The van der Waals surface area contributed by atoms with E-state index in [9.17, 15) is 4.39 Å². The van der Waals surface area contributed by atoms with Crippen molar-refractivity contribution in [2.75, 3.05) is 11.1 Å². The molecule has 0 aliphatic heterocycles. The van der Waals surface area contributed by atoms with Crippen LogP contribution in [0, 0.1) is 5.82 Å². The number of hydrogen-bond donors (Lipinski definition) is 2. The summed E-state index contributed by atoms with van der Waals surface area (Å²) in [4.78, 5) is 7.59. The Labute approximate surface area is 110 Å². The van der Waals surface area contributed by atoms with Gasteiger partial charge in [0, 0.05) is 4.47 Å². The summed E-state index contributed by atoms with van der Waals surface area (Å²) in [6.45, 7) is 0. The molecule has 0 aliphatic carbocycles. The lowest BCUT2D eigenvalue weighted by Crippen LogP contribution is -2.01. The number of halogens is 3. The van der Waals surface area contributed by atoms with E-state index < -0.39 is 5.82 Å². The zero-order valence-corrected chi connectivity index (χ0v) is 10.8. The van der Waals surface area contributed by atoms with Crippen LogP contribution in [0.2, 0.25) is 5.02 Å². The molecule has 0 unspecified atom stereocenters. The zero-order chi connectivity index (χ0) is 12.4. The lowest BCUT2D eigenvalue weighted by molar-refractivity contribution is 0.631. The summed E-state index contributed by atoms with van der Waals surface area (Å²) in [5, 5.41) is 3.02. The maximum absolute atomic E-state index is 13.5. The molecule has 0 radical (unpaired) electrons. The average Bonchev–Trinajstić information content (AvgIpc) is 2.28. The van der Waals surface area contributed by atoms with Crippen molar-refractivity contribution in [3.63, 3.8) is 0 Å². The van der Waals surface area contributed by atoms with Crippen molar-refractivity contribution in [1.29, 1.82) is 0 Å². The smallest absolute Gasteiger partial charge is 0.222 e. The van der Waals surface area contributed by atoms with E-state index in [1.165, 1.54) is 12.3 Å². The number of benzene rings is 1. The van der Waals surface area contributed by atoms with Gasteiger partial charge in [-0.25, -0.2) is 9.37 Å². The van der Waals surface area contributed by atoms with E-state index in [0.29, 0.717) is 0 Å². The molecular weight excluding hydrogens is 310 g/mol. The SMILES string of the molecule is Nc1ncc(Cl)c(Nc2cc(Br)ccc2F)n1. The van der Waals surface area contributed by atoms with Gasteiger partial charge < -0.3 is 11.1 Å². The van der Waals surface area contributed by atoms with Gasteiger partial charge in [0.15, 0.2) is 5.82 Å². The molecule has 0 aliphatic rings. The monoisotopic (exact) mass is 316 g/mol. The molecule has 0 saturated heterocycles. The first-order chi connectivity index (χ1) is 8.06. The van der Waals surface area contributed by atoms with Gasteiger partial charge in [0.2, 0.25) is 5.95 Å². The molecule has 2 rings (SSSR count). The lowest BCUT2D eigenvalue weighted by Gasteiger charge is -2.08. The summed E-state index contributed by atoms with van der Waals surface area (Å²) in [6.07, 6.45) is 1.35. The van der Waals surface area contributed by atoms with Gasteiger partial charge in [-0.05, 0) is 18.2 Å². The Balaban J connectivity index is 2.37. The van der Waals surface area contributed by atoms with E-state index in [1.807, 2.05) is 0 Å². The van der Waals surface area contributed by atoms with Crippen LogP contribution in [0.5, 0.6) is 0 Å². The number of rotatable bonds is 2. The fourth-order valence-electron chi connectivity index (χ4n) is 1.19. The molecule has 0 amide bonds. The molecule has 1 aromatic carbocycles. The average molecular weight is 318 g/mol. The molecule has 17 heavy (non-hydrogen) atoms. The Morgan fingerprint density at radius 1 is 1.41 bits per heavy atom. The third-order valence-electron chi connectivity index (χ3n) is 1.94. The van der Waals surface area contributed by atoms with Gasteiger partial charge in [0.1, 0.15) is 10.8 Å². The molecule has 0 fully saturated rings. The molecule has 1 heterocycles. The summed E-state index contributed by atoms with van der Waals surface area (Å²) >= 11 is 9.11. The van der Waals surface area contributed by atoms with Crippen molar-refractivity contribution < 1.29 is 4.39 Å². The van der Waals surface area contributed by atoms with Crippen molar-refractivity contribution in [3.05, 3.63) is 39.7 Å². The van der Waals surface area contributed by atoms with Crippen LogP contribution in [-0.2, 0) is 0 Å². The molecular formula is C10H7BrClFN4. The third-order valence-corrected chi connectivity index (χ3v) is 2.71. The first-order valence-electron chi connectivity index (χ1n) is 4.56. The predicted molar refractivity (Wildman–Crippen MR) is 68.8 cm³/mol. The fraction of sp³-hybridized carbons (Fsp3) is 0. The highest BCUT2D eigenvalue weighted by molar-refractivity contribution is 9.10. The number of nitrogens with two attached hydrogens (primary N) is 1. The van der Waals surface area contributed by atoms with Crippen LogP contribution in [0.1, 0.15) is 0 Å². The first-order valence-corrected chi connectivity index (χ1v) is 5.73. The van der Waals surface area contributed by atoms with Gasteiger partial charge in [0.25, 0.3) is 0 Å². The van der Waals surface area contributed by atoms with Crippen molar-refractivity contribution in [2.45, 2.75) is 0 Å². The molecule has 3 N–H and O–H groups in total. The van der Waals surface area contributed by atoms with Crippen molar-refractivity contribution in [3.8, 4) is 0 Å². The van der Waals surface area contributed by atoms with E-state index >= 15 is 0 Å². The normalized spacial score (nSPS) is 10.3. The number of nitrogens with one attached hydrogen (secondary N) is 1. The minimum Gasteiger partial charge on any atom is -0.368 e. The summed E-state index contributed by atoms with van der Waals surface area (Å²) in [5.74, 6) is -0.0927. The third kappa shape index (κ3) is 2.83. The minimum atomic E-state index is -0.415. The summed E-state index contributed by atoms with van der Waals surface area (Å²) < 4.78 is 14.2. The standard InChI is InChI=1S/C10H7BrClFN4/c11-5-1-2-7(13)8(3-5)16-9-6(12)4-15-10(14)17-9/h1-4H,(H3,14,15,16,17). The van der Waals surface area contributed by atoms with Crippen molar-refractivity contribution >= 4 is 45.0 Å². The fourth-order valence-corrected chi connectivity index (χ4v) is 1.69. The van der Waals surface area contributed by atoms with Crippen LogP contribution in [0.4, 0.5) is 21.8 Å². The van der Waals surface area contributed by atoms with Crippen LogP contribution in [0.3, 0.4) is 0 Å². The van der Waals surface area contributed by atoms with Gasteiger partial charge in [-0.2, -0.15) is 4.98 Å². The maximum Gasteiger partial charge on any atom is 0.222 e. The molecule has 0 atom stereocenters. The van der Waals surface area contributed by atoms with E-state index in [-0.39, 0.29) is 22.5 Å². The number of nitrogen functional groups attached to an aromatic ring is 1. The van der Waals surface area contributed by atoms with Crippen LogP contribution in [0.15, 0.2) is 28.9 Å². The predicted octanol–water partition coefficient (Wildman–Crippen LogP) is 3.36. The highest BCUT2D eigenvalue weighted by Crippen LogP contribution is 2.26. The molecule has 0 bridgehead atoms. The molecule has 1 aromatic heterocycles. The second kappa shape index (κ2) is 4.85. The van der Waals surface area contributed by atoms with Gasteiger partial charge >= 0.3 is 0 Å². The highest BCUT2D eigenvalue weighted by atomic mass is 79.9. The highest BCUT2D eigenvalue weighted by Gasteiger charge is 2.08. The van der Waals surface area contributed by atoms with Crippen LogP contribution in [0.25, 0.3) is 0 Å². The second-order valence-electron chi connectivity index (χ2n) is 3.17. The lowest BCUT2D eigenvalue weighted by atomic mass is 10.3. The minimum absolute atomic E-state index is 0.0623.